The minimum absolute atomic E-state index is 0.0347. The second-order valence-electron chi connectivity index (χ2n) is 6.00. The number of carbonyl (C=O) groups excluding carboxylic acids is 2. The number of ketones is 1. The van der Waals surface area contributed by atoms with E-state index in [1.54, 1.807) is 44.2 Å². The van der Waals surface area contributed by atoms with E-state index < -0.39 is 17.9 Å². The Balaban J connectivity index is 2.21. The van der Waals surface area contributed by atoms with Crippen molar-refractivity contribution in [3.63, 3.8) is 0 Å². The number of amides is 1. The summed E-state index contributed by atoms with van der Waals surface area (Å²) in [5.74, 6) is -2.08. The Morgan fingerprint density at radius 2 is 1.76 bits per heavy atom. The fourth-order valence-electron chi connectivity index (χ4n) is 2.40. The van der Waals surface area contributed by atoms with Gasteiger partial charge in [0, 0.05) is 11.8 Å². The Kier molecular flexibility index (Phi) is 6.00. The van der Waals surface area contributed by atoms with Crippen LogP contribution >= 0.6 is 0 Å². The smallest absolute Gasteiger partial charge is 0.326 e. The molecule has 0 aliphatic rings. The molecule has 0 aliphatic carbocycles. The van der Waals surface area contributed by atoms with Gasteiger partial charge >= 0.3 is 5.97 Å². The van der Waals surface area contributed by atoms with Crippen LogP contribution in [0.15, 0.2) is 48.7 Å². The van der Waals surface area contributed by atoms with E-state index in [0.717, 1.165) is 0 Å². The monoisotopic (exact) mass is 340 g/mol. The minimum atomic E-state index is -1.10. The number of carbonyl (C=O) groups is 3. The molecule has 2 aromatic rings. The van der Waals surface area contributed by atoms with Crippen molar-refractivity contribution in [2.75, 3.05) is 0 Å². The molecule has 1 aromatic heterocycles. The quantitative estimate of drug-likeness (QED) is 0.754. The van der Waals surface area contributed by atoms with Crippen molar-refractivity contribution in [2.24, 2.45) is 5.92 Å². The van der Waals surface area contributed by atoms with Crippen molar-refractivity contribution in [1.82, 2.24) is 10.3 Å². The van der Waals surface area contributed by atoms with Gasteiger partial charge in [-0.3, -0.25) is 14.6 Å². The van der Waals surface area contributed by atoms with Gasteiger partial charge in [-0.2, -0.15) is 0 Å². The molecule has 2 N–H and O–H groups in total. The fraction of sp³-hybridized carbons (Fsp3) is 0.263. The summed E-state index contributed by atoms with van der Waals surface area (Å²) < 4.78 is 0. The van der Waals surface area contributed by atoms with Gasteiger partial charge in [-0.05, 0) is 18.1 Å². The van der Waals surface area contributed by atoms with E-state index >= 15 is 0 Å². The van der Waals surface area contributed by atoms with Crippen molar-refractivity contribution >= 4 is 17.7 Å². The summed E-state index contributed by atoms with van der Waals surface area (Å²) in [6, 6.07) is 10.8. The maximum atomic E-state index is 12.5. The van der Waals surface area contributed by atoms with Crippen LogP contribution in [0.2, 0.25) is 0 Å². The van der Waals surface area contributed by atoms with Crippen LogP contribution in [0.25, 0.3) is 0 Å². The Morgan fingerprint density at radius 1 is 1.08 bits per heavy atom. The van der Waals surface area contributed by atoms with Gasteiger partial charge in [-0.1, -0.05) is 44.2 Å². The van der Waals surface area contributed by atoms with Gasteiger partial charge in [0.05, 0.1) is 17.7 Å². The molecule has 1 heterocycles. The molecule has 0 bridgehead atoms. The fourth-order valence-corrected chi connectivity index (χ4v) is 2.40. The zero-order valence-electron chi connectivity index (χ0n) is 14.1. The average molecular weight is 340 g/mol. The number of aromatic nitrogens is 1. The predicted octanol–water partition coefficient (Wildman–Crippen LogP) is 2.35. The highest BCUT2D eigenvalue weighted by Gasteiger charge is 2.25. The normalized spacial score (nSPS) is 11.8. The highest BCUT2D eigenvalue weighted by Crippen LogP contribution is 2.12. The Morgan fingerprint density at radius 3 is 2.36 bits per heavy atom. The van der Waals surface area contributed by atoms with Crippen molar-refractivity contribution in [1.29, 1.82) is 0 Å². The minimum Gasteiger partial charge on any atom is -0.480 e. The molecule has 130 valence electrons. The lowest BCUT2D eigenvalue weighted by molar-refractivity contribution is -0.140. The van der Waals surface area contributed by atoms with Gasteiger partial charge in [0.1, 0.15) is 6.04 Å². The first-order chi connectivity index (χ1) is 11.9. The van der Waals surface area contributed by atoms with Gasteiger partial charge in [-0.15, -0.1) is 0 Å². The number of nitrogens with one attached hydrogen (secondary N) is 1. The maximum Gasteiger partial charge on any atom is 0.326 e. The molecule has 0 spiro atoms. The van der Waals surface area contributed by atoms with E-state index in [1.165, 1.54) is 12.3 Å². The van der Waals surface area contributed by atoms with E-state index in [9.17, 15) is 19.5 Å². The van der Waals surface area contributed by atoms with Crippen LogP contribution in [-0.4, -0.2) is 33.8 Å². The van der Waals surface area contributed by atoms with E-state index in [2.05, 4.69) is 10.3 Å². The van der Waals surface area contributed by atoms with E-state index in [4.69, 9.17) is 0 Å². The molecule has 1 amide bonds. The second kappa shape index (κ2) is 8.19. The summed E-state index contributed by atoms with van der Waals surface area (Å²) in [6.07, 6.45) is 1.47. The average Bonchev–Trinajstić information content (AvgIpc) is 2.60. The lowest BCUT2D eigenvalue weighted by Gasteiger charge is -2.18. The first kappa shape index (κ1) is 18.3. The van der Waals surface area contributed by atoms with Crippen LogP contribution in [0.1, 0.15) is 40.3 Å². The summed E-state index contributed by atoms with van der Waals surface area (Å²) in [5.41, 5.74) is 1.06. The third-order valence-corrected chi connectivity index (χ3v) is 3.78. The molecule has 0 saturated carbocycles. The van der Waals surface area contributed by atoms with Crippen LogP contribution in [0, 0.1) is 5.92 Å². The lowest BCUT2D eigenvalue weighted by Crippen LogP contribution is -2.44. The molecule has 1 unspecified atom stereocenters. The number of Topliss-reactive ketones (excluding diaryl/α,β-unsaturated/α-hetero) is 1. The highest BCUT2D eigenvalue weighted by atomic mass is 16.4. The third kappa shape index (κ3) is 4.73. The molecule has 2 rings (SSSR count). The molecule has 0 fully saturated rings. The first-order valence-corrected chi connectivity index (χ1v) is 7.96. The van der Waals surface area contributed by atoms with Crippen molar-refractivity contribution in [2.45, 2.75) is 26.3 Å². The standard InChI is InChI=1S/C19H20N2O4/c1-12(2)17(19(24)25)21-18(23)14-9-6-10-20-15(14)11-16(22)13-7-4-3-5-8-13/h3-10,12,17H,11H2,1-2H3,(H,21,23)(H,24,25). The zero-order chi connectivity index (χ0) is 18.4. The molecule has 25 heavy (non-hydrogen) atoms. The molecule has 6 heteroatoms. The number of nitrogens with zero attached hydrogens (tertiary/aromatic N) is 1. The number of benzene rings is 1. The third-order valence-electron chi connectivity index (χ3n) is 3.78. The number of carboxylic acids is 1. The van der Waals surface area contributed by atoms with Crippen LogP contribution in [0.4, 0.5) is 0 Å². The van der Waals surface area contributed by atoms with Gasteiger partial charge in [0.15, 0.2) is 5.78 Å². The molecule has 0 radical (unpaired) electrons. The zero-order valence-corrected chi connectivity index (χ0v) is 14.1. The summed E-state index contributed by atoms with van der Waals surface area (Å²) >= 11 is 0. The Labute approximate surface area is 145 Å². The van der Waals surface area contributed by atoms with Crippen LogP contribution in [0.5, 0.6) is 0 Å². The van der Waals surface area contributed by atoms with Crippen molar-refractivity contribution in [3.8, 4) is 0 Å². The van der Waals surface area contributed by atoms with Gasteiger partial charge in [-0.25, -0.2) is 4.79 Å². The Bertz CT molecular complexity index is 772. The van der Waals surface area contributed by atoms with Gasteiger partial charge < -0.3 is 10.4 Å². The summed E-state index contributed by atoms with van der Waals surface area (Å²) in [5, 5.41) is 11.7. The number of pyridine rings is 1. The summed E-state index contributed by atoms with van der Waals surface area (Å²) in [6.45, 7) is 3.42. The maximum absolute atomic E-state index is 12.5. The number of aliphatic carboxylic acids is 1. The molecule has 0 saturated heterocycles. The molecule has 1 atom stereocenters. The number of hydrogen-bond acceptors (Lipinski definition) is 4. The molecule has 1 aromatic carbocycles. The van der Waals surface area contributed by atoms with Crippen LogP contribution in [0.3, 0.4) is 0 Å². The Hall–Kier alpha value is -3.02. The van der Waals surface area contributed by atoms with Crippen molar-refractivity contribution < 1.29 is 19.5 Å². The topological polar surface area (TPSA) is 96.4 Å². The van der Waals surface area contributed by atoms with Gasteiger partial charge in [0.2, 0.25) is 0 Å². The largest absolute Gasteiger partial charge is 0.480 e. The van der Waals surface area contributed by atoms with Crippen LogP contribution < -0.4 is 5.32 Å². The highest BCUT2D eigenvalue weighted by molar-refractivity contribution is 6.01. The number of carboxylic acid groups (broad SMARTS) is 1. The van der Waals surface area contributed by atoms with E-state index in [0.29, 0.717) is 11.3 Å². The first-order valence-electron chi connectivity index (χ1n) is 7.96. The molecule has 0 aliphatic heterocycles. The predicted molar refractivity (Wildman–Crippen MR) is 92.4 cm³/mol. The number of hydrogen-bond donors (Lipinski definition) is 2. The lowest BCUT2D eigenvalue weighted by atomic mass is 10.0. The summed E-state index contributed by atoms with van der Waals surface area (Å²) in [4.78, 5) is 40.2. The van der Waals surface area contributed by atoms with Crippen molar-refractivity contribution in [3.05, 3.63) is 65.5 Å². The SMILES string of the molecule is CC(C)C(NC(=O)c1cccnc1CC(=O)c1ccccc1)C(=O)O. The van der Waals surface area contributed by atoms with E-state index in [1.807, 2.05) is 6.07 Å². The number of rotatable bonds is 7. The van der Waals surface area contributed by atoms with Crippen LogP contribution in [-0.2, 0) is 11.2 Å². The van der Waals surface area contributed by atoms with Gasteiger partial charge in [0.25, 0.3) is 5.91 Å². The second-order valence-corrected chi connectivity index (χ2v) is 6.00. The summed E-state index contributed by atoms with van der Waals surface area (Å²) in [7, 11) is 0. The molecular formula is C19H20N2O4. The van der Waals surface area contributed by atoms with E-state index in [-0.39, 0.29) is 23.7 Å². The molecular weight excluding hydrogens is 320 g/mol. The molecule has 6 nitrogen and oxygen atoms in total.